The highest BCUT2D eigenvalue weighted by atomic mass is 35.5. The number of hydrogen-bond donors (Lipinski definition) is 2. The van der Waals surface area contributed by atoms with E-state index in [1.54, 1.807) is 0 Å². The third-order valence-corrected chi connectivity index (χ3v) is 5.60. The van der Waals surface area contributed by atoms with Gasteiger partial charge in [-0.3, -0.25) is 14.6 Å². The minimum absolute atomic E-state index is 0.0954. The third-order valence-electron chi connectivity index (χ3n) is 3.88. The molecule has 0 spiro atoms. The quantitative estimate of drug-likeness (QED) is 0.594. The van der Waals surface area contributed by atoms with Crippen molar-refractivity contribution >= 4 is 56.2 Å². The number of carbonyl (C=O) groups excluding carboxylic acids is 2. The van der Waals surface area contributed by atoms with E-state index < -0.39 is 21.7 Å². The lowest BCUT2D eigenvalue weighted by Crippen LogP contribution is -2.15. The molecule has 0 saturated heterocycles. The van der Waals surface area contributed by atoms with Crippen molar-refractivity contribution < 1.29 is 18.0 Å². The molecule has 30 heavy (non-hydrogen) atoms. The summed E-state index contributed by atoms with van der Waals surface area (Å²) >= 11 is 12.4. The molecule has 1 heterocycles. The molecular formula is C19H14Cl2N4O4S. The number of sulfone groups is 1. The van der Waals surface area contributed by atoms with Crippen LogP contribution in [0.15, 0.2) is 59.9 Å². The Balaban J connectivity index is 1.77. The maximum atomic E-state index is 12.5. The molecule has 8 nitrogen and oxygen atoms in total. The summed E-state index contributed by atoms with van der Waals surface area (Å²) < 4.78 is 23.0. The summed E-state index contributed by atoms with van der Waals surface area (Å²) in [7, 11) is -3.37. The Morgan fingerprint density at radius 2 is 1.57 bits per heavy atom. The zero-order valence-electron chi connectivity index (χ0n) is 15.4. The number of anilines is 2. The molecule has 0 bridgehead atoms. The van der Waals surface area contributed by atoms with Crippen LogP contribution >= 0.6 is 23.2 Å². The second kappa shape index (κ2) is 8.78. The number of carbonyl (C=O) groups is 2. The molecule has 0 atom stereocenters. The van der Waals surface area contributed by atoms with Gasteiger partial charge in [-0.05, 0) is 36.4 Å². The van der Waals surface area contributed by atoms with E-state index in [2.05, 4.69) is 20.6 Å². The Kier molecular flexibility index (Phi) is 6.35. The molecule has 2 N–H and O–H groups in total. The highest BCUT2D eigenvalue weighted by Gasteiger charge is 2.16. The van der Waals surface area contributed by atoms with Gasteiger partial charge in [0.1, 0.15) is 5.69 Å². The van der Waals surface area contributed by atoms with Gasteiger partial charge in [0, 0.05) is 29.9 Å². The Morgan fingerprint density at radius 1 is 0.933 bits per heavy atom. The maximum Gasteiger partial charge on any atom is 0.275 e. The largest absolute Gasteiger partial charge is 0.320 e. The Morgan fingerprint density at radius 3 is 2.10 bits per heavy atom. The number of benzene rings is 2. The molecule has 154 valence electrons. The van der Waals surface area contributed by atoms with Crippen LogP contribution in [0.5, 0.6) is 0 Å². The Hall–Kier alpha value is -3.01. The van der Waals surface area contributed by atoms with E-state index in [-0.39, 0.29) is 31.9 Å². The average molecular weight is 465 g/mol. The van der Waals surface area contributed by atoms with Crippen molar-refractivity contribution in [2.75, 3.05) is 16.9 Å². The average Bonchev–Trinajstić information content (AvgIpc) is 2.70. The normalized spacial score (nSPS) is 11.0. The lowest BCUT2D eigenvalue weighted by Gasteiger charge is -2.12. The van der Waals surface area contributed by atoms with Crippen molar-refractivity contribution in [2.24, 2.45) is 0 Å². The molecule has 0 aliphatic heterocycles. The van der Waals surface area contributed by atoms with Crippen LogP contribution in [-0.4, -0.2) is 36.5 Å². The topological polar surface area (TPSA) is 118 Å². The molecule has 2 amide bonds. The van der Waals surface area contributed by atoms with E-state index in [4.69, 9.17) is 23.2 Å². The van der Waals surface area contributed by atoms with Gasteiger partial charge >= 0.3 is 0 Å². The number of hydrogen-bond acceptors (Lipinski definition) is 6. The molecule has 0 unspecified atom stereocenters. The zero-order chi connectivity index (χ0) is 21.9. The number of rotatable bonds is 5. The van der Waals surface area contributed by atoms with E-state index >= 15 is 0 Å². The molecule has 0 radical (unpaired) electrons. The summed E-state index contributed by atoms with van der Waals surface area (Å²) in [5.74, 6) is -1.03. The molecule has 0 aliphatic rings. The third kappa shape index (κ3) is 5.12. The first-order valence-electron chi connectivity index (χ1n) is 8.33. The van der Waals surface area contributed by atoms with Crippen molar-refractivity contribution in [3.8, 4) is 0 Å². The van der Waals surface area contributed by atoms with Crippen molar-refractivity contribution in [3.63, 3.8) is 0 Å². The van der Waals surface area contributed by atoms with E-state index in [1.807, 2.05) is 0 Å². The second-order valence-corrected chi connectivity index (χ2v) is 8.94. The minimum atomic E-state index is -3.37. The van der Waals surface area contributed by atoms with E-state index in [0.717, 1.165) is 6.26 Å². The fourth-order valence-corrected chi connectivity index (χ4v) is 3.63. The van der Waals surface area contributed by atoms with Crippen LogP contribution in [-0.2, 0) is 9.84 Å². The monoisotopic (exact) mass is 464 g/mol. The van der Waals surface area contributed by atoms with Gasteiger partial charge in [0.25, 0.3) is 11.8 Å². The summed E-state index contributed by atoms with van der Waals surface area (Å²) in [6.45, 7) is 0. The lowest BCUT2D eigenvalue weighted by atomic mass is 10.2. The fourth-order valence-electron chi connectivity index (χ4n) is 2.42. The fraction of sp³-hybridized carbons (Fsp3) is 0.0526. The minimum Gasteiger partial charge on any atom is -0.320 e. The van der Waals surface area contributed by atoms with E-state index in [9.17, 15) is 18.0 Å². The maximum absolute atomic E-state index is 12.5. The van der Waals surface area contributed by atoms with Crippen molar-refractivity contribution in [2.45, 2.75) is 4.90 Å². The Bertz CT molecular complexity index is 1190. The smallest absolute Gasteiger partial charge is 0.275 e. The van der Waals surface area contributed by atoms with Crippen LogP contribution in [0, 0.1) is 0 Å². The van der Waals surface area contributed by atoms with Gasteiger partial charge in [0.2, 0.25) is 0 Å². The van der Waals surface area contributed by atoms with Crippen LogP contribution in [0.1, 0.15) is 20.8 Å². The lowest BCUT2D eigenvalue weighted by molar-refractivity contribution is 0.101. The molecule has 11 heteroatoms. The van der Waals surface area contributed by atoms with E-state index in [0.29, 0.717) is 5.69 Å². The summed E-state index contributed by atoms with van der Waals surface area (Å²) in [6, 6.07) is 8.26. The standard InChI is InChI=1S/C19H14Cl2N4O4S/c1-30(28,29)13-4-2-11(3-5-13)18(26)25-17-14(20)8-12(9-15(17)21)24-19(27)16-10-22-6-7-23-16/h2-10H,1H3,(H,24,27)(H,25,26). The SMILES string of the molecule is CS(=O)(=O)c1ccc(C(=O)Nc2c(Cl)cc(NC(=O)c3cnccn3)cc2Cl)cc1. The Labute approximate surface area is 182 Å². The molecule has 3 rings (SSSR count). The molecule has 1 aromatic heterocycles. The predicted molar refractivity (Wildman–Crippen MR) is 114 cm³/mol. The summed E-state index contributed by atoms with van der Waals surface area (Å²) in [5, 5.41) is 5.36. The van der Waals surface area contributed by atoms with Crippen LogP contribution in [0.25, 0.3) is 0 Å². The van der Waals surface area contributed by atoms with Crippen molar-refractivity contribution in [1.82, 2.24) is 9.97 Å². The first kappa shape index (κ1) is 21.7. The van der Waals surface area contributed by atoms with Crippen molar-refractivity contribution in [3.05, 3.63) is 76.3 Å². The van der Waals surface area contributed by atoms with Gasteiger partial charge in [0.15, 0.2) is 9.84 Å². The molecule has 0 saturated carbocycles. The number of halogens is 2. The van der Waals surface area contributed by atoms with Crippen LogP contribution in [0.3, 0.4) is 0 Å². The van der Waals surface area contributed by atoms with Gasteiger partial charge in [-0.1, -0.05) is 23.2 Å². The van der Waals surface area contributed by atoms with Crippen LogP contribution in [0.2, 0.25) is 10.0 Å². The molecule has 3 aromatic rings. The molecule has 0 fully saturated rings. The zero-order valence-corrected chi connectivity index (χ0v) is 17.7. The summed E-state index contributed by atoms with van der Waals surface area (Å²) in [4.78, 5) is 32.4. The predicted octanol–water partition coefficient (Wildman–Crippen LogP) is 3.69. The first-order chi connectivity index (χ1) is 14.1. The number of aromatic nitrogens is 2. The first-order valence-corrected chi connectivity index (χ1v) is 11.0. The number of nitrogens with one attached hydrogen (secondary N) is 2. The highest BCUT2D eigenvalue weighted by Crippen LogP contribution is 2.34. The van der Waals surface area contributed by atoms with Crippen molar-refractivity contribution in [1.29, 1.82) is 0 Å². The summed E-state index contributed by atoms with van der Waals surface area (Å²) in [5.41, 5.74) is 0.776. The van der Waals surface area contributed by atoms with Gasteiger partial charge < -0.3 is 10.6 Å². The van der Waals surface area contributed by atoms with Crippen LogP contribution in [0.4, 0.5) is 11.4 Å². The van der Waals surface area contributed by atoms with Gasteiger partial charge in [0.05, 0.1) is 26.8 Å². The van der Waals surface area contributed by atoms with Gasteiger partial charge in [-0.25, -0.2) is 13.4 Å². The van der Waals surface area contributed by atoms with Gasteiger partial charge in [-0.2, -0.15) is 0 Å². The van der Waals surface area contributed by atoms with Gasteiger partial charge in [-0.15, -0.1) is 0 Å². The number of nitrogens with zero attached hydrogens (tertiary/aromatic N) is 2. The number of amides is 2. The highest BCUT2D eigenvalue weighted by molar-refractivity contribution is 7.90. The second-order valence-electron chi connectivity index (χ2n) is 6.11. The molecule has 2 aromatic carbocycles. The van der Waals surface area contributed by atoms with Crippen LogP contribution < -0.4 is 10.6 Å². The summed E-state index contributed by atoms with van der Waals surface area (Å²) in [6.07, 6.45) is 5.21. The molecule has 0 aliphatic carbocycles. The molecular weight excluding hydrogens is 451 g/mol. The van der Waals surface area contributed by atoms with E-state index in [1.165, 1.54) is 55.0 Å².